The molecule has 0 saturated heterocycles. The monoisotopic (exact) mass is 316 g/mol. The van der Waals surface area contributed by atoms with Crippen LogP contribution in [-0.2, 0) is 0 Å². The van der Waals surface area contributed by atoms with E-state index in [0.29, 0.717) is 6.42 Å². The summed E-state index contributed by atoms with van der Waals surface area (Å²) < 4.78 is 28.4. The van der Waals surface area contributed by atoms with Crippen LogP contribution in [0.3, 0.4) is 0 Å². The average Bonchev–Trinajstić information content (AvgIpc) is 2.45. The Bertz CT molecular complexity index is 455. The van der Waals surface area contributed by atoms with Gasteiger partial charge in [-0.05, 0) is 31.0 Å². The number of aliphatic hydroxyl groups excluding tert-OH is 1. The van der Waals surface area contributed by atoms with Crippen molar-refractivity contribution in [2.75, 3.05) is 6.54 Å². The number of urea groups is 1. The maximum Gasteiger partial charge on any atom is 0.387 e. The van der Waals surface area contributed by atoms with E-state index < -0.39 is 18.7 Å². The van der Waals surface area contributed by atoms with E-state index in [9.17, 15) is 18.7 Å². The molecule has 0 saturated carbocycles. The SMILES string of the molecule is CCCC(O)CNC(=O)NC(C)c1ccc(OC(F)F)cc1. The Morgan fingerprint density at radius 3 is 2.50 bits per heavy atom. The first-order chi connectivity index (χ1) is 10.4. The number of benzene rings is 1. The van der Waals surface area contributed by atoms with Crippen molar-refractivity contribution < 1.29 is 23.4 Å². The van der Waals surface area contributed by atoms with Crippen molar-refractivity contribution in [1.82, 2.24) is 10.6 Å². The van der Waals surface area contributed by atoms with Crippen molar-refractivity contribution >= 4 is 6.03 Å². The van der Waals surface area contributed by atoms with Gasteiger partial charge in [-0.25, -0.2) is 4.79 Å². The van der Waals surface area contributed by atoms with Crippen LogP contribution < -0.4 is 15.4 Å². The van der Waals surface area contributed by atoms with Crippen molar-refractivity contribution in [3.63, 3.8) is 0 Å². The maximum absolute atomic E-state index is 12.0. The number of halogens is 2. The lowest BCUT2D eigenvalue weighted by Gasteiger charge is -2.17. The van der Waals surface area contributed by atoms with E-state index in [1.165, 1.54) is 12.1 Å². The summed E-state index contributed by atoms with van der Waals surface area (Å²) in [5.41, 5.74) is 0.755. The molecule has 1 aromatic carbocycles. The van der Waals surface area contributed by atoms with Crippen molar-refractivity contribution in [2.24, 2.45) is 0 Å². The number of carbonyl (C=O) groups is 1. The molecule has 3 N–H and O–H groups in total. The van der Waals surface area contributed by atoms with Crippen molar-refractivity contribution in [3.05, 3.63) is 29.8 Å². The van der Waals surface area contributed by atoms with Crippen LogP contribution >= 0.6 is 0 Å². The molecule has 2 unspecified atom stereocenters. The van der Waals surface area contributed by atoms with E-state index in [2.05, 4.69) is 15.4 Å². The fourth-order valence-electron chi connectivity index (χ4n) is 1.91. The van der Waals surface area contributed by atoms with Gasteiger partial charge >= 0.3 is 12.6 Å². The molecule has 0 fully saturated rings. The minimum Gasteiger partial charge on any atom is -0.435 e. The average molecular weight is 316 g/mol. The summed E-state index contributed by atoms with van der Waals surface area (Å²) in [5.74, 6) is 0.0677. The molecule has 0 spiro atoms. The molecule has 7 heteroatoms. The fraction of sp³-hybridized carbons (Fsp3) is 0.533. The molecule has 1 rings (SSSR count). The number of amides is 2. The summed E-state index contributed by atoms with van der Waals surface area (Å²) in [7, 11) is 0. The summed E-state index contributed by atoms with van der Waals surface area (Å²) in [5, 5.41) is 14.8. The van der Waals surface area contributed by atoms with Crippen LogP contribution in [0.1, 0.15) is 38.3 Å². The maximum atomic E-state index is 12.0. The molecule has 5 nitrogen and oxygen atoms in total. The first-order valence-electron chi connectivity index (χ1n) is 7.19. The van der Waals surface area contributed by atoms with E-state index >= 15 is 0 Å². The molecular weight excluding hydrogens is 294 g/mol. The Balaban J connectivity index is 2.43. The standard InChI is InChI=1S/C15H22F2N2O3/c1-3-4-12(20)9-18-15(21)19-10(2)11-5-7-13(8-6-11)22-14(16)17/h5-8,10,12,14,20H,3-4,9H2,1-2H3,(H2,18,19,21). The predicted molar refractivity (Wildman–Crippen MR) is 78.9 cm³/mol. The second kappa shape index (κ2) is 9.19. The predicted octanol–water partition coefficient (Wildman–Crippen LogP) is 2.81. The smallest absolute Gasteiger partial charge is 0.387 e. The first-order valence-corrected chi connectivity index (χ1v) is 7.19. The third kappa shape index (κ3) is 6.71. The Morgan fingerprint density at radius 1 is 1.32 bits per heavy atom. The van der Waals surface area contributed by atoms with Gasteiger partial charge in [0.15, 0.2) is 0 Å². The highest BCUT2D eigenvalue weighted by atomic mass is 19.3. The summed E-state index contributed by atoms with van der Waals surface area (Å²) >= 11 is 0. The van der Waals surface area contributed by atoms with Gasteiger partial charge in [0.2, 0.25) is 0 Å². The summed E-state index contributed by atoms with van der Waals surface area (Å²) in [4.78, 5) is 11.7. The number of nitrogens with one attached hydrogen (secondary N) is 2. The van der Waals surface area contributed by atoms with E-state index in [4.69, 9.17) is 0 Å². The molecule has 2 atom stereocenters. The molecule has 124 valence electrons. The number of ether oxygens (including phenoxy) is 1. The highest BCUT2D eigenvalue weighted by Gasteiger charge is 2.11. The van der Waals surface area contributed by atoms with Crippen LogP contribution in [0, 0.1) is 0 Å². The third-order valence-electron chi connectivity index (χ3n) is 3.07. The van der Waals surface area contributed by atoms with Gasteiger partial charge in [0, 0.05) is 6.54 Å². The molecule has 0 heterocycles. The van der Waals surface area contributed by atoms with Gasteiger partial charge in [-0.3, -0.25) is 0 Å². The van der Waals surface area contributed by atoms with Crippen molar-refractivity contribution in [1.29, 1.82) is 0 Å². The minimum atomic E-state index is -2.86. The Kier molecular flexibility index (Phi) is 7.59. The number of rotatable bonds is 8. The van der Waals surface area contributed by atoms with Gasteiger partial charge in [-0.1, -0.05) is 25.5 Å². The van der Waals surface area contributed by atoms with Crippen LogP contribution in [0.4, 0.5) is 13.6 Å². The van der Waals surface area contributed by atoms with Gasteiger partial charge in [-0.15, -0.1) is 0 Å². The van der Waals surface area contributed by atoms with Crippen LogP contribution in [0.2, 0.25) is 0 Å². The zero-order chi connectivity index (χ0) is 16.5. The lowest BCUT2D eigenvalue weighted by atomic mass is 10.1. The molecule has 0 aromatic heterocycles. The Labute approximate surface area is 128 Å². The van der Waals surface area contributed by atoms with Gasteiger partial charge < -0.3 is 20.5 Å². The van der Waals surface area contributed by atoms with Crippen LogP contribution in [0.25, 0.3) is 0 Å². The summed E-state index contributed by atoms with van der Waals surface area (Å²) in [6, 6.07) is 5.36. The second-order valence-corrected chi connectivity index (χ2v) is 4.97. The van der Waals surface area contributed by atoms with Gasteiger partial charge in [-0.2, -0.15) is 8.78 Å². The lowest BCUT2D eigenvalue weighted by Crippen LogP contribution is -2.40. The molecule has 0 bridgehead atoms. The lowest BCUT2D eigenvalue weighted by molar-refractivity contribution is -0.0498. The van der Waals surface area contributed by atoms with Gasteiger partial charge in [0.25, 0.3) is 0 Å². The summed E-state index contributed by atoms with van der Waals surface area (Å²) in [6.07, 6.45) is 0.909. The first kappa shape index (κ1) is 18.2. The van der Waals surface area contributed by atoms with E-state index in [0.717, 1.165) is 12.0 Å². The van der Waals surface area contributed by atoms with E-state index in [1.54, 1.807) is 19.1 Å². The molecule has 0 radical (unpaired) electrons. The van der Waals surface area contributed by atoms with E-state index in [-0.39, 0.29) is 18.3 Å². The molecular formula is C15H22F2N2O3. The van der Waals surface area contributed by atoms with Crippen LogP contribution in [-0.4, -0.2) is 30.4 Å². The Hall–Kier alpha value is -1.89. The highest BCUT2D eigenvalue weighted by Crippen LogP contribution is 2.19. The molecule has 0 aliphatic carbocycles. The third-order valence-corrected chi connectivity index (χ3v) is 3.07. The van der Waals surface area contributed by atoms with Crippen LogP contribution in [0.15, 0.2) is 24.3 Å². The van der Waals surface area contributed by atoms with E-state index in [1.807, 2.05) is 6.92 Å². The number of hydrogen-bond acceptors (Lipinski definition) is 3. The molecule has 0 aliphatic rings. The second-order valence-electron chi connectivity index (χ2n) is 4.97. The molecule has 2 amide bonds. The zero-order valence-corrected chi connectivity index (χ0v) is 12.7. The topological polar surface area (TPSA) is 70.6 Å². The number of alkyl halides is 2. The molecule has 22 heavy (non-hydrogen) atoms. The van der Waals surface area contributed by atoms with Gasteiger partial charge in [0.05, 0.1) is 12.1 Å². The van der Waals surface area contributed by atoms with Crippen LogP contribution in [0.5, 0.6) is 5.75 Å². The number of carbonyl (C=O) groups excluding carboxylic acids is 1. The normalized spacial score (nSPS) is 13.5. The number of aliphatic hydroxyl groups is 1. The molecule has 1 aromatic rings. The quantitative estimate of drug-likeness (QED) is 0.690. The highest BCUT2D eigenvalue weighted by molar-refractivity contribution is 5.74. The zero-order valence-electron chi connectivity index (χ0n) is 12.7. The summed E-state index contributed by atoms with van der Waals surface area (Å²) in [6.45, 7) is 1.05. The molecule has 0 aliphatic heterocycles. The van der Waals surface area contributed by atoms with Gasteiger partial charge in [0.1, 0.15) is 5.75 Å². The van der Waals surface area contributed by atoms with Crippen molar-refractivity contribution in [3.8, 4) is 5.75 Å². The fourth-order valence-corrected chi connectivity index (χ4v) is 1.91. The minimum absolute atomic E-state index is 0.0677. The number of hydrogen-bond donors (Lipinski definition) is 3. The Morgan fingerprint density at radius 2 is 1.95 bits per heavy atom. The van der Waals surface area contributed by atoms with Crippen molar-refractivity contribution in [2.45, 2.75) is 45.4 Å². The largest absolute Gasteiger partial charge is 0.435 e.